The Bertz CT molecular complexity index is 618. The molecule has 0 aromatic heterocycles. The number of hydrogen-bond acceptors (Lipinski definition) is 3. The van der Waals surface area contributed by atoms with Gasteiger partial charge in [-0.3, -0.25) is 9.59 Å². The third kappa shape index (κ3) is 4.70. The highest BCUT2D eigenvalue weighted by atomic mass is 32.2. The van der Waals surface area contributed by atoms with Crippen LogP contribution in [0.4, 0.5) is 17.6 Å². The predicted octanol–water partition coefficient (Wildman–Crippen LogP) is 3.47. The smallest absolute Gasteiger partial charge is 0.338 e. The second kappa shape index (κ2) is 6.90. The van der Waals surface area contributed by atoms with Crippen LogP contribution in [-0.2, 0) is 22.3 Å². The molecule has 1 aliphatic heterocycles. The van der Waals surface area contributed by atoms with Crippen LogP contribution in [0.25, 0.3) is 0 Å². The van der Waals surface area contributed by atoms with Gasteiger partial charge in [0.1, 0.15) is 5.82 Å². The molecule has 1 fully saturated rings. The van der Waals surface area contributed by atoms with Gasteiger partial charge in [-0.15, -0.1) is 0 Å². The highest BCUT2D eigenvalue weighted by molar-refractivity contribution is 8.13. The molecule has 1 aromatic carbocycles. The lowest BCUT2D eigenvalue weighted by molar-refractivity contribution is -0.139. The zero-order valence-electron chi connectivity index (χ0n) is 12.3. The van der Waals surface area contributed by atoms with Gasteiger partial charge in [-0.1, -0.05) is 17.8 Å². The first-order valence-corrected chi connectivity index (χ1v) is 7.92. The second-order valence-electron chi connectivity index (χ2n) is 5.45. The van der Waals surface area contributed by atoms with Crippen molar-refractivity contribution in [3.63, 3.8) is 0 Å². The number of rotatable bonds is 4. The lowest BCUT2D eigenvalue weighted by Gasteiger charge is -2.20. The van der Waals surface area contributed by atoms with E-state index >= 15 is 0 Å². The van der Waals surface area contributed by atoms with Crippen molar-refractivity contribution in [1.29, 1.82) is 0 Å². The molecule has 1 aliphatic rings. The van der Waals surface area contributed by atoms with E-state index in [2.05, 4.69) is 0 Å². The largest absolute Gasteiger partial charge is 0.416 e. The summed E-state index contributed by atoms with van der Waals surface area (Å²) in [6.07, 6.45) is -4.47. The van der Waals surface area contributed by atoms with Crippen molar-refractivity contribution in [2.24, 2.45) is 5.92 Å². The zero-order chi connectivity index (χ0) is 17.2. The van der Waals surface area contributed by atoms with Crippen LogP contribution in [0.2, 0.25) is 0 Å². The lowest BCUT2D eigenvalue weighted by atomic mass is 10.1. The van der Waals surface area contributed by atoms with E-state index in [9.17, 15) is 27.2 Å². The lowest BCUT2D eigenvalue weighted by Crippen LogP contribution is -2.26. The number of halogens is 4. The average molecular weight is 349 g/mol. The summed E-state index contributed by atoms with van der Waals surface area (Å²) >= 11 is 1.10. The van der Waals surface area contributed by atoms with E-state index in [-0.39, 0.29) is 35.5 Å². The summed E-state index contributed by atoms with van der Waals surface area (Å²) in [5, 5.41) is -0.0613. The highest BCUT2D eigenvalue weighted by Crippen LogP contribution is 2.34. The van der Waals surface area contributed by atoms with Gasteiger partial charge in [-0.2, -0.15) is 13.2 Å². The molecule has 1 saturated heterocycles. The van der Waals surface area contributed by atoms with Crippen LogP contribution in [0.15, 0.2) is 18.2 Å². The maximum atomic E-state index is 13.1. The molecule has 1 heterocycles. The average Bonchev–Trinajstić information content (AvgIpc) is 2.78. The summed E-state index contributed by atoms with van der Waals surface area (Å²) in [6.45, 7) is 1.51. The molecule has 1 atom stereocenters. The van der Waals surface area contributed by atoms with Gasteiger partial charge in [0.25, 0.3) is 0 Å². The monoisotopic (exact) mass is 349 g/mol. The molecular weight excluding hydrogens is 334 g/mol. The fourth-order valence-electron chi connectivity index (χ4n) is 2.51. The van der Waals surface area contributed by atoms with Gasteiger partial charge in [0.2, 0.25) is 5.91 Å². The minimum absolute atomic E-state index is 0.0613. The fourth-order valence-corrected chi connectivity index (χ4v) is 3.20. The number of carbonyl (C=O) groups excluding carboxylic acids is 2. The highest BCUT2D eigenvalue weighted by Gasteiger charge is 2.36. The molecule has 8 heteroatoms. The second-order valence-corrected chi connectivity index (χ2v) is 6.64. The third-order valence-electron chi connectivity index (χ3n) is 3.56. The fraction of sp³-hybridized carbons (Fsp3) is 0.467. The Kier molecular flexibility index (Phi) is 5.33. The molecule has 1 aromatic rings. The quantitative estimate of drug-likeness (QED) is 0.781. The van der Waals surface area contributed by atoms with Gasteiger partial charge >= 0.3 is 6.18 Å². The summed E-state index contributed by atoms with van der Waals surface area (Å²) in [5.74, 6) is -0.819. The van der Waals surface area contributed by atoms with Crippen LogP contribution in [0.1, 0.15) is 24.5 Å². The minimum atomic E-state index is -4.68. The summed E-state index contributed by atoms with van der Waals surface area (Å²) in [7, 11) is 0. The van der Waals surface area contributed by atoms with Crippen molar-refractivity contribution in [3.8, 4) is 0 Å². The molecule has 0 radical (unpaired) electrons. The van der Waals surface area contributed by atoms with Crippen LogP contribution in [0.3, 0.4) is 0 Å². The molecule has 1 amide bonds. The molecule has 0 spiro atoms. The van der Waals surface area contributed by atoms with E-state index in [1.54, 1.807) is 0 Å². The first kappa shape index (κ1) is 17.8. The molecule has 23 heavy (non-hydrogen) atoms. The zero-order valence-corrected chi connectivity index (χ0v) is 13.1. The van der Waals surface area contributed by atoms with E-state index in [0.717, 1.165) is 23.9 Å². The van der Waals surface area contributed by atoms with Gasteiger partial charge in [-0.05, 0) is 23.6 Å². The molecule has 2 rings (SSSR count). The van der Waals surface area contributed by atoms with Gasteiger partial charge < -0.3 is 4.90 Å². The first-order valence-electron chi connectivity index (χ1n) is 6.93. The molecule has 3 nitrogen and oxygen atoms in total. The van der Waals surface area contributed by atoms with Gasteiger partial charge in [0.05, 0.1) is 5.56 Å². The number of nitrogens with zero attached hydrogens (tertiary/aromatic N) is 1. The molecular formula is C15H15F4NO2S. The van der Waals surface area contributed by atoms with Crippen molar-refractivity contribution in [2.45, 2.75) is 26.1 Å². The standard InChI is InChI=1S/C15H15F4NO2S/c1-9(21)23-8-10-4-14(22)20(6-10)7-11-2-3-12(16)5-13(11)15(17,18)19/h2-3,5,10H,4,6-8H2,1H3. The molecule has 1 unspecified atom stereocenters. The molecule has 0 bridgehead atoms. The van der Waals surface area contributed by atoms with E-state index in [4.69, 9.17) is 0 Å². The predicted molar refractivity (Wildman–Crippen MR) is 78.1 cm³/mol. The SMILES string of the molecule is CC(=O)SCC1CC(=O)N(Cc2ccc(F)cc2C(F)(F)F)C1. The Labute approximate surface area is 135 Å². The Morgan fingerprint density at radius 2 is 2.09 bits per heavy atom. The number of amides is 1. The Morgan fingerprint density at radius 3 is 2.70 bits per heavy atom. The Balaban J connectivity index is 2.11. The first-order chi connectivity index (χ1) is 10.7. The molecule has 0 aliphatic carbocycles. The summed E-state index contributed by atoms with van der Waals surface area (Å²) in [4.78, 5) is 24.2. The number of alkyl halides is 3. The van der Waals surface area contributed by atoms with Crippen LogP contribution in [0.5, 0.6) is 0 Å². The van der Waals surface area contributed by atoms with Gasteiger partial charge in [0, 0.05) is 32.2 Å². The van der Waals surface area contributed by atoms with Crippen molar-refractivity contribution < 1.29 is 27.2 Å². The molecule has 0 N–H and O–H groups in total. The molecule has 126 valence electrons. The normalized spacial score (nSPS) is 18.6. The minimum Gasteiger partial charge on any atom is -0.338 e. The summed E-state index contributed by atoms with van der Waals surface area (Å²) in [6, 6.07) is 2.45. The maximum Gasteiger partial charge on any atom is 0.416 e. The Morgan fingerprint density at radius 1 is 1.39 bits per heavy atom. The van der Waals surface area contributed by atoms with E-state index in [1.807, 2.05) is 0 Å². The van der Waals surface area contributed by atoms with Crippen molar-refractivity contribution in [2.75, 3.05) is 12.3 Å². The van der Waals surface area contributed by atoms with Crippen LogP contribution in [0, 0.1) is 11.7 Å². The number of thioether (sulfide) groups is 1. The molecule has 0 saturated carbocycles. The van der Waals surface area contributed by atoms with Gasteiger partial charge in [0.15, 0.2) is 5.12 Å². The number of hydrogen-bond donors (Lipinski definition) is 0. The number of carbonyl (C=O) groups is 2. The van der Waals surface area contributed by atoms with Crippen molar-refractivity contribution in [3.05, 3.63) is 35.1 Å². The summed E-state index contributed by atoms with van der Waals surface area (Å²) in [5.41, 5.74) is -1.20. The number of likely N-dealkylation sites (tertiary alicyclic amines) is 1. The van der Waals surface area contributed by atoms with E-state index in [0.29, 0.717) is 18.4 Å². The van der Waals surface area contributed by atoms with Crippen LogP contribution >= 0.6 is 11.8 Å². The maximum absolute atomic E-state index is 13.1. The topological polar surface area (TPSA) is 37.4 Å². The van der Waals surface area contributed by atoms with Gasteiger partial charge in [-0.25, -0.2) is 4.39 Å². The van der Waals surface area contributed by atoms with Crippen LogP contribution in [-0.4, -0.2) is 28.2 Å². The van der Waals surface area contributed by atoms with Crippen molar-refractivity contribution in [1.82, 2.24) is 4.90 Å². The third-order valence-corrected chi connectivity index (χ3v) is 4.60. The Hall–Kier alpha value is -1.57. The van der Waals surface area contributed by atoms with Crippen LogP contribution < -0.4 is 0 Å². The summed E-state index contributed by atoms with van der Waals surface area (Å²) < 4.78 is 52.0. The van der Waals surface area contributed by atoms with E-state index < -0.39 is 17.6 Å². The van der Waals surface area contributed by atoms with E-state index in [1.165, 1.54) is 11.8 Å². The van der Waals surface area contributed by atoms with Crippen molar-refractivity contribution >= 4 is 22.8 Å². The number of benzene rings is 1.